The van der Waals surface area contributed by atoms with E-state index in [0.717, 1.165) is 25.7 Å². The number of nitro groups is 1. The maximum atomic E-state index is 12.6. The van der Waals surface area contributed by atoms with Gasteiger partial charge in [0.1, 0.15) is 5.56 Å². The number of benzene rings is 1. The minimum Gasteiger partial charge on any atom is -0.338 e. The molecule has 1 aliphatic heterocycles. The summed E-state index contributed by atoms with van der Waals surface area (Å²) in [4.78, 5) is 24.9. The molecule has 114 valence electrons. The van der Waals surface area contributed by atoms with Crippen LogP contribution in [-0.2, 0) is 0 Å². The molecule has 1 unspecified atom stereocenters. The fourth-order valence-electron chi connectivity index (χ4n) is 2.79. The van der Waals surface area contributed by atoms with Crippen LogP contribution in [-0.4, -0.2) is 28.8 Å². The number of carbonyl (C=O) groups excluding carboxylic acids is 1. The summed E-state index contributed by atoms with van der Waals surface area (Å²) in [6, 6.07) is 4.12. The number of hydrogen-bond acceptors (Lipinski definition) is 3. The molecule has 0 N–H and O–H groups in total. The number of hydrogen-bond donors (Lipinski definition) is 0. The lowest BCUT2D eigenvalue weighted by Crippen LogP contribution is -2.32. The fourth-order valence-corrected chi connectivity index (χ4v) is 2.96. The van der Waals surface area contributed by atoms with Crippen molar-refractivity contribution in [3.05, 3.63) is 38.9 Å². The number of nitrogens with zero attached hydrogens (tertiary/aromatic N) is 2. The van der Waals surface area contributed by atoms with E-state index < -0.39 is 4.92 Å². The molecule has 0 spiro atoms. The average molecular weight is 311 g/mol. The van der Waals surface area contributed by atoms with Crippen LogP contribution in [0.15, 0.2) is 18.2 Å². The van der Waals surface area contributed by atoms with Crippen LogP contribution in [0.2, 0.25) is 5.02 Å². The molecule has 5 nitrogen and oxygen atoms in total. The molecule has 0 aromatic heterocycles. The first kappa shape index (κ1) is 15.8. The highest BCUT2D eigenvalue weighted by Gasteiger charge is 2.26. The molecule has 1 heterocycles. The predicted octanol–water partition coefficient (Wildman–Crippen LogP) is 3.90. The van der Waals surface area contributed by atoms with E-state index in [2.05, 4.69) is 6.92 Å². The Morgan fingerprint density at radius 2 is 2.19 bits per heavy atom. The molecule has 1 saturated heterocycles. The second-order valence-electron chi connectivity index (χ2n) is 5.42. The Morgan fingerprint density at radius 3 is 2.86 bits per heavy atom. The molecule has 21 heavy (non-hydrogen) atoms. The number of nitro benzene ring substituents is 1. The summed E-state index contributed by atoms with van der Waals surface area (Å²) >= 11 is 5.89. The maximum absolute atomic E-state index is 12.6. The molecule has 1 fully saturated rings. The van der Waals surface area contributed by atoms with E-state index in [1.54, 1.807) is 4.90 Å². The molecule has 0 aliphatic carbocycles. The number of amides is 1. The van der Waals surface area contributed by atoms with Gasteiger partial charge in [0.05, 0.1) is 4.92 Å². The van der Waals surface area contributed by atoms with Gasteiger partial charge < -0.3 is 4.90 Å². The standard InChI is InChI=1S/C15H19ClN2O3/c1-2-11-4-3-8-17(9-7-11)15(19)13-10-12(16)5-6-14(13)18(20)21/h5-6,10-11H,2-4,7-9H2,1H3. The number of carbonyl (C=O) groups is 1. The number of likely N-dealkylation sites (tertiary alicyclic amines) is 1. The van der Waals surface area contributed by atoms with Gasteiger partial charge in [0.25, 0.3) is 11.6 Å². The van der Waals surface area contributed by atoms with Crippen LogP contribution in [0.25, 0.3) is 0 Å². The molecule has 1 aromatic rings. The maximum Gasteiger partial charge on any atom is 0.282 e. The van der Waals surface area contributed by atoms with Crippen LogP contribution >= 0.6 is 11.6 Å². The molecule has 0 saturated carbocycles. The Morgan fingerprint density at radius 1 is 1.43 bits per heavy atom. The molecular formula is C15H19ClN2O3. The molecule has 0 radical (unpaired) electrons. The highest BCUT2D eigenvalue weighted by atomic mass is 35.5. The summed E-state index contributed by atoms with van der Waals surface area (Å²) in [6.07, 6.45) is 4.12. The van der Waals surface area contributed by atoms with Gasteiger partial charge in [0, 0.05) is 24.2 Å². The van der Waals surface area contributed by atoms with E-state index in [1.807, 2.05) is 0 Å². The van der Waals surface area contributed by atoms with E-state index in [1.165, 1.54) is 18.2 Å². The molecule has 1 amide bonds. The van der Waals surface area contributed by atoms with Gasteiger partial charge in [0.2, 0.25) is 0 Å². The van der Waals surface area contributed by atoms with E-state index in [9.17, 15) is 14.9 Å². The zero-order chi connectivity index (χ0) is 15.4. The largest absolute Gasteiger partial charge is 0.338 e. The lowest BCUT2D eigenvalue weighted by molar-refractivity contribution is -0.385. The van der Waals surface area contributed by atoms with E-state index in [4.69, 9.17) is 11.6 Å². The third kappa shape index (κ3) is 3.73. The summed E-state index contributed by atoms with van der Waals surface area (Å²) < 4.78 is 0. The summed E-state index contributed by atoms with van der Waals surface area (Å²) in [7, 11) is 0. The zero-order valence-corrected chi connectivity index (χ0v) is 12.8. The van der Waals surface area contributed by atoms with Crippen LogP contribution in [0, 0.1) is 16.0 Å². The lowest BCUT2D eigenvalue weighted by Gasteiger charge is -2.20. The van der Waals surface area contributed by atoms with Crippen molar-refractivity contribution in [1.29, 1.82) is 0 Å². The van der Waals surface area contributed by atoms with E-state index in [-0.39, 0.29) is 17.2 Å². The molecule has 1 aliphatic rings. The average Bonchev–Trinajstić information content (AvgIpc) is 2.71. The van der Waals surface area contributed by atoms with Crippen molar-refractivity contribution in [2.24, 2.45) is 5.92 Å². The summed E-state index contributed by atoms with van der Waals surface area (Å²) in [5.41, 5.74) is -0.0943. The topological polar surface area (TPSA) is 63.5 Å². The molecule has 6 heteroatoms. The summed E-state index contributed by atoms with van der Waals surface area (Å²) in [5, 5.41) is 11.4. The van der Waals surface area contributed by atoms with Crippen LogP contribution in [0.5, 0.6) is 0 Å². The Balaban J connectivity index is 2.23. The van der Waals surface area contributed by atoms with Gasteiger partial charge in [0.15, 0.2) is 0 Å². The highest BCUT2D eigenvalue weighted by molar-refractivity contribution is 6.31. The van der Waals surface area contributed by atoms with Gasteiger partial charge in [-0.15, -0.1) is 0 Å². The molecule has 2 rings (SSSR count). The van der Waals surface area contributed by atoms with Crippen molar-refractivity contribution in [1.82, 2.24) is 4.90 Å². The predicted molar refractivity (Wildman–Crippen MR) is 81.6 cm³/mol. The molecular weight excluding hydrogens is 292 g/mol. The fraction of sp³-hybridized carbons (Fsp3) is 0.533. The van der Waals surface area contributed by atoms with Crippen molar-refractivity contribution < 1.29 is 9.72 Å². The SMILES string of the molecule is CCC1CCCN(C(=O)c2cc(Cl)ccc2[N+](=O)[O-])CC1. The van der Waals surface area contributed by atoms with Gasteiger partial charge >= 0.3 is 0 Å². The zero-order valence-electron chi connectivity index (χ0n) is 12.0. The van der Waals surface area contributed by atoms with Crippen molar-refractivity contribution in [2.45, 2.75) is 32.6 Å². The Labute approximate surface area is 129 Å². The minimum absolute atomic E-state index is 0.0856. The summed E-state index contributed by atoms with van der Waals surface area (Å²) in [6.45, 7) is 3.46. The van der Waals surface area contributed by atoms with Crippen molar-refractivity contribution in [2.75, 3.05) is 13.1 Å². The Hall–Kier alpha value is -1.62. The van der Waals surface area contributed by atoms with Crippen LogP contribution in [0.4, 0.5) is 5.69 Å². The third-order valence-corrected chi connectivity index (χ3v) is 4.33. The quantitative estimate of drug-likeness (QED) is 0.628. The van der Waals surface area contributed by atoms with Gasteiger partial charge in [-0.2, -0.15) is 0 Å². The third-order valence-electron chi connectivity index (χ3n) is 4.10. The first-order chi connectivity index (χ1) is 10.0. The first-order valence-electron chi connectivity index (χ1n) is 7.26. The van der Waals surface area contributed by atoms with Crippen molar-refractivity contribution >= 4 is 23.2 Å². The normalized spacial score (nSPS) is 19.1. The van der Waals surface area contributed by atoms with E-state index in [0.29, 0.717) is 24.0 Å². The molecule has 0 bridgehead atoms. The smallest absolute Gasteiger partial charge is 0.282 e. The number of halogens is 1. The monoisotopic (exact) mass is 310 g/mol. The van der Waals surface area contributed by atoms with Gasteiger partial charge in [-0.05, 0) is 37.3 Å². The highest BCUT2D eigenvalue weighted by Crippen LogP contribution is 2.26. The van der Waals surface area contributed by atoms with Crippen LogP contribution in [0.1, 0.15) is 43.0 Å². The van der Waals surface area contributed by atoms with Crippen LogP contribution < -0.4 is 0 Å². The van der Waals surface area contributed by atoms with Crippen molar-refractivity contribution in [3.8, 4) is 0 Å². The minimum atomic E-state index is -0.532. The Kier molecular flexibility index (Phi) is 5.17. The number of rotatable bonds is 3. The van der Waals surface area contributed by atoms with Gasteiger partial charge in [-0.1, -0.05) is 24.9 Å². The second kappa shape index (κ2) is 6.89. The van der Waals surface area contributed by atoms with Gasteiger partial charge in [-0.25, -0.2) is 0 Å². The summed E-state index contributed by atoms with van der Waals surface area (Å²) in [5.74, 6) is 0.345. The lowest BCUT2D eigenvalue weighted by atomic mass is 9.98. The first-order valence-corrected chi connectivity index (χ1v) is 7.64. The molecule has 1 atom stereocenters. The molecule has 1 aromatic carbocycles. The van der Waals surface area contributed by atoms with Gasteiger partial charge in [-0.3, -0.25) is 14.9 Å². The van der Waals surface area contributed by atoms with E-state index >= 15 is 0 Å². The van der Waals surface area contributed by atoms with Crippen LogP contribution in [0.3, 0.4) is 0 Å². The Bertz CT molecular complexity index is 548. The second-order valence-corrected chi connectivity index (χ2v) is 5.85. The van der Waals surface area contributed by atoms with Crippen molar-refractivity contribution in [3.63, 3.8) is 0 Å².